The number of aryl methyl sites for hydroxylation is 1. The number of aliphatic hydroxyl groups excluding tert-OH is 1. The molecule has 0 unspecified atom stereocenters. The maximum atomic E-state index is 12.2. The summed E-state index contributed by atoms with van der Waals surface area (Å²) in [5.74, 6) is 5.35. The number of aliphatic hydroxyl groups is 1. The van der Waals surface area contributed by atoms with Gasteiger partial charge in [-0.2, -0.15) is 0 Å². The predicted molar refractivity (Wildman–Crippen MR) is 85.3 cm³/mol. The van der Waals surface area contributed by atoms with Crippen LogP contribution in [0.15, 0.2) is 18.2 Å². The van der Waals surface area contributed by atoms with E-state index in [1.165, 1.54) is 0 Å². The molecule has 0 heterocycles. The first kappa shape index (κ1) is 17.2. The van der Waals surface area contributed by atoms with E-state index in [9.17, 15) is 4.79 Å². The van der Waals surface area contributed by atoms with Gasteiger partial charge in [-0.3, -0.25) is 4.79 Å². The molecule has 0 aliphatic carbocycles. The van der Waals surface area contributed by atoms with E-state index < -0.39 is 0 Å². The summed E-state index contributed by atoms with van der Waals surface area (Å²) in [4.78, 5) is 14.3. The topological polar surface area (TPSA) is 52.6 Å². The molecular formula is C17H24N2O2. The molecule has 1 aromatic rings. The summed E-state index contributed by atoms with van der Waals surface area (Å²) in [6, 6.07) is 5.50. The van der Waals surface area contributed by atoms with Gasteiger partial charge in [0.25, 0.3) is 5.91 Å². The van der Waals surface area contributed by atoms with E-state index in [1.807, 2.05) is 33.2 Å². The van der Waals surface area contributed by atoms with Crippen molar-refractivity contribution in [1.29, 1.82) is 0 Å². The standard InChI is InChI=1S/C17H24N2O2/c1-14-8-9-15(7-6-12-20)13-16(14)17(21)18-10-4-5-11-19(2)3/h8-9,13,20H,4-5,10-12H2,1-3H3,(H,18,21). The van der Waals surface area contributed by atoms with Crippen LogP contribution in [-0.2, 0) is 0 Å². The molecule has 0 saturated heterocycles. The van der Waals surface area contributed by atoms with Crippen LogP contribution in [0.3, 0.4) is 0 Å². The number of rotatable bonds is 6. The number of unbranched alkanes of at least 4 members (excludes halogenated alkanes) is 1. The van der Waals surface area contributed by atoms with Crippen molar-refractivity contribution >= 4 is 5.91 Å². The Bertz CT molecular complexity index is 527. The fraction of sp³-hybridized carbons (Fsp3) is 0.471. The van der Waals surface area contributed by atoms with Gasteiger partial charge in [0, 0.05) is 17.7 Å². The quantitative estimate of drug-likeness (QED) is 0.615. The fourth-order valence-electron chi connectivity index (χ4n) is 1.94. The number of hydrogen-bond donors (Lipinski definition) is 2. The van der Waals surface area contributed by atoms with Crippen molar-refractivity contribution in [2.45, 2.75) is 19.8 Å². The van der Waals surface area contributed by atoms with Gasteiger partial charge < -0.3 is 15.3 Å². The number of hydrogen-bond acceptors (Lipinski definition) is 3. The Hall–Kier alpha value is -1.83. The first-order valence-corrected chi connectivity index (χ1v) is 7.18. The Morgan fingerprint density at radius 2 is 2.10 bits per heavy atom. The Morgan fingerprint density at radius 3 is 2.76 bits per heavy atom. The number of carbonyl (C=O) groups is 1. The summed E-state index contributed by atoms with van der Waals surface area (Å²) in [5, 5.41) is 11.7. The fourth-order valence-corrected chi connectivity index (χ4v) is 1.94. The van der Waals surface area contributed by atoms with E-state index >= 15 is 0 Å². The first-order valence-electron chi connectivity index (χ1n) is 7.18. The van der Waals surface area contributed by atoms with Gasteiger partial charge in [0.2, 0.25) is 0 Å². The monoisotopic (exact) mass is 288 g/mol. The van der Waals surface area contributed by atoms with Crippen LogP contribution in [-0.4, -0.2) is 49.7 Å². The third-order valence-electron chi connectivity index (χ3n) is 3.11. The molecule has 0 saturated carbocycles. The Morgan fingerprint density at radius 1 is 1.33 bits per heavy atom. The zero-order valence-corrected chi connectivity index (χ0v) is 13.1. The SMILES string of the molecule is Cc1ccc(C#CCO)cc1C(=O)NCCCCN(C)C. The zero-order valence-electron chi connectivity index (χ0n) is 13.1. The molecule has 21 heavy (non-hydrogen) atoms. The van der Waals surface area contributed by atoms with Gasteiger partial charge in [-0.25, -0.2) is 0 Å². The highest BCUT2D eigenvalue weighted by atomic mass is 16.2. The molecule has 0 bridgehead atoms. The number of amides is 1. The van der Waals surface area contributed by atoms with E-state index in [0.29, 0.717) is 12.1 Å². The Balaban J connectivity index is 2.57. The largest absolute Gasteiger partial charge is 0.384 e. The molecule has 0 aliphatic heterocycles. The van der Waals surface area contributed by atoms with Crippen molar-refractivity contribution in [1.82, 2.24) is 10.2 Å². The summed E-state index contributed by atoms with van der Waals surface area (Å²) >= 11 is 0. The van der Waals surface area contributed by atoms with Gasteiger partial charge in [0.05, 0.1) is 0 Å². The Kier molecular flexibility index (Phi) is 7.52. The third kappa shape index (κ3) is 6.44. The average Bonchev–Trinajstić information content (AvgIpc) is 2.45. The van der Waals surface area contributed by atoms with E-state index in [0.717, 1.165) is 30.5 Å². The smallest absolute Gasteiger partial charge is 0.251 e. The van der Waals surface area contributed by atoms with Gasteiger partial charge in [0.15, 0.2) is 0 Å². The lowest BCUT2D eigenvalue weighted by Crippen LogP contribution is -2.26. The van der Waals surface area contributed by atoms with Crippen molar-refractivity contribution in [3.05, 3.63) is 34.9 Å². The molecule has 1 rings (SSSR count). The summed E-state index contributed by atoms with van der Waals surface area (Å²) in [5.41, 5.74) is 2.31. The summed E-state index contributed by atoms with van der Waals surface area (Å²) < 4.78 is 0. The average molecular weight is 288 g/mol. The van der Waals surface area contributed by atoms with Gasteiger partial charge in [0.1, 0.15) is 6.61 Å². The highest BCUT2D eigenvalue weighted by Crippen LogP contribution is 2.10. The molecule has 1 amide bonds. The molecule has 2 N–H and O–H groups in total. The van der Waals surface area contributed by atoms with E-state index in [-0.39, 0.29) is 12.5 Å². The summed E-state index contributed by atoms with van der Waals surface area (Å²) in [7, 11) is 4.09. The van der Waals surface area contributed by atoms with Crippen molar-refractivity contribution in [3.8, 4) is 11.8 Å². The minimum Gasteiger partial charge on any atom is -0.384 e. The van der Waals surface area contributed by atoms with Crippen molar-refractivity contribution < 1.29 is 9.90 Å². The lowest BCUT2D eigenvalue weighted by Gasteiger charge is -2.10. The van der Waals surface area contributed by atoms with Crippen molar-refractivity contribution in [3.63, 3.8) is 0 Å². The predicted octanol–water partition coefficient (Wildman–Crippen LogP) is 1.41. The lowest BCUT2D eigenvalue weighted by molar-refractivity contribution is 0.0952. The van der Waals surface area contributed by atoms with E-state index in [4.69, 9.17) is 5.11 Å². The van der Waals surface area contributed by atoms with Gasteiger partial charge in [-0.15, -0.1) is 0 Å². The molecule has 1 aromatic carbocycles. The molecule has 0 aromatic heterocycles. The molecular weight excluding hydrogens is 264 g/mol. The molecule has 4 nitrogen and oxygen atoms in total. The second-order valence-electron chi connectivity index (χ2n) is 5.26. The van der Waals surface area contributed by atoms with Crippen LogP contribution in [0.5, 0.6) is 0 Å². The van der Waals surface area contributed by atoms with Crippen LogP contribution in [0.25, 0.3) is 0 Å². The Labute approximate surface area is 127 Å². The normalized spacial score (nSPS) is 10.1. The third-order valence-corrected chi connectivity index (χ3v) is 3.11. The van der Waals surface area contributed by atoms with Crippen molar-refractivity contribution in [2.24, 2.45) is 0 Å². The number of nitrogens with one attached hydrogen (secondary N) is 1. The minimum atomic E-state index is -0.179. The van der Waals surface area contributed by atoms with E-state index in [1.54, 1.807) is 6.07 Å². The van der Waals surface area contributed by atoms with Gasteiger partial charge >= 0.3 is 0 Å². The van der Waals surface area contributed by atoms with Crippen LogP contribution in [0, 0.1) is 18.8 Å². The lowest BCUT2D eigenvalue weighted by atomic mass is 10.0. The maximum absolute atomic E-state index is 12.2. The molecule has 0 fully saturated rings. The number of benzene rings is 1. The van der Waals surface area contributed by atoms with Crippen LogP contribution >= 0.6 is 0 Å². The highest BCUT2D eigenvalue weighted by Gasteiger charge is 2.08. The van der Waals surface area contributed by atoms with Crippen LogP contribution < -0.4 is 5.32 Å². The molecule has 0 spiro atoms. The summed E-state index contributed by atoms with van der Waals surface area (Å²) in [6.45, 7) is 3.44. The van der Waals surface area contributed by atoms with Gasteiger partial charge in [-0.1, -0.05) is 17.9 Å². The van der Waals surface area contributed by atoms with Gasteiger partial charge in [-0.05, 0) is 58.1 Å². The molecule has 0 aliphatic rings. The zero-order chi connectivity index (χ0) is 15.7. The second kappa shape index (κ2) is 9.17. The maximum Gasteiger partial charge on any atom is 0.251 e. The second-order valence-corrected chi connectivity index (χ2v) is 5.26. The summed E-state index contributed by atoms with van der Waals surface area (Å²) in [6.07, 6.45) is 2.03. The molecule has 0 atom stereocenters. The van der Waals surface area contributed by atoms with Crippen molar-refractivity contribution in [2.75, 3.05) is 33.8 Å². The van der Waals surface area contributed by atoms with Crippen LogP contribution in [0.4, 0.5) is 0 Å². The number of nitrogens with zero attached hydrogens (tertiary/aromatic N) is 1. The molecule has 4 heteroatoms. The molecule has 114 valence electrons. The minimum absolute atomic E-state index is 0.0648. The number of carbonyl (C=O) groups excluding carboxylic acids is 1. The van der Waals surface area contributed by atoms with Crippen LogP contribution in [0.2, 0.25) is 0 Å². The van der Waals surface area contributed by atoms with E-state index in [2.05, 4.69) is 22.1 Å². The first-order chi connectivity index (χ1) is 10.0. The highest BCUT2D eigenvalue weighted by molar-refractivity contribution is 5.96. The molecule has 0 radical (unpaired) electrons. The van der Waals surface area contributed by atoms with Crippen LogP contribution in [0.1, 0.15) is 34.3 Å².